The van der Waals surface area contributed by atoms with Crippen LogP contribution in [0.3, 0.4) is 0 Å². The van der Waals surface area contributed by atoms with Crippen LogP contribution in [0, 0.1) is 6.92 Å². The Morgan fingerprint density at radius 1 is 0.857 bits per heavy atom. The predicted molar refractivity (Wildman–Crippen MR) is 137 cm³/mol. The lowest BCUT2D eigenvalue weighted by Crippen LogP contribution is -2.46. The molecule has 1 fully saturated rings. The summed E-state index contributed by atoms with van der Waals surface area (Å²) in [7, 11) is 1.69. The van der Waals surface area contributed by atoms with Crippen LogP contribution in [-0.4, -0.2) is 54.9 Å². The third kappa shape index (κ3) is 4.64. The third-order valence-electron chi connectivity index (χ3n) is 6.81. The number of imide groups is 1. The molecule has 0 saturated carbocycles. The summed E-state index contributed by atoms with van der Waals surface area (Å²) >= 11 is 5.98. The molecule has 0 unspecified atom stereocenters. The van der Waals surface area contributed by atoms with Crippen LogP contribution < -0.4 is 9.64 Å². The minimum Gasteiger partial charge on any atom is -0.496 e. The largest absolute Gasteiger partial charge is 0.496 e. The highest BCUT2D eigenvalue weighted by atomic mass is 35.5. The van der Waals surface area contributed by atoms with E-state index in [2.05, 4.69) is 28.9 Å². The third-order valence-corrected chi connectivity index (χ3v) is 7.06. The maximum absolute atomic E-state index is 13.4. The number of ether oxygens (including phenoxy) is 1. The number of aryl methyl sites for hydroxylation is 1. The van der Waals surface area contributed by atoms with E-state index in [4.69, 9.17) is 16.3 Å². The van der Waals surface area contributed by atoms with E-state index in [0.717, 1.165) is 55.3 Å². The Morgan fingerprint density at radius 3 is 2.26 bits per heavy atom. The number of methoxy groups -OCH3 is 1. The average Bonchev–Trinajstić information content (AvgIpc) is 3.11. The number of nitrogens with zero attached hydrogens (tertiary/aromatic N) is 3. The zero-order chi connectivity index (χ0) is 24.5. The van der Waals surface area contributed by atoms with Crippen LogP contribution in [0.15, 0.2) is 60.7 Å². The first-order valence-corrected chi connectivity index (χ1v) is 12.2. The second-order valence-corrected chi connectivity index (χ2v) is 9.53. The highest BCUT2D eigenvalue weighted by Crippen LogP contribution is 2.33. The van der Waals surface area contributed by atoms with Crippen molar-refractivity contribution in [2.75, 3.05) is 38.2 Å². The molecule has 0 aromatic heterocycles. The van der Waals surface area contributed by atoms with Gasteiger partial charge in [-0.1, -0.05) is 41.9 Å². The first-order valence-electron chi connectivity index (χ1n) is 11.8. The van der Waals surface area contributed by atoms with Crippen LogP contribution in [0.25, 0.3) is 0 Å². The van der Waals surface area contributed by atoms with Crippen molar-refractivity contribution in [1.29, 1.82) is 0 Å². The van der Waals surface area contributed by atoms with E-state index in [1.165, 1.54) is 10.5 Å². The highest BCUT2D eigenvalue weighted by molar-refractivity contribution is 6.30. The van der Waals surface area contributed by atoms with Gasteiger partial charge in [-0.25, -0.2) is 0 Å². The van der Waals surface area contributed by atoms with Crippen molar-refractivity contribution >= 4 is 29.1 Å². The molecule has 0 radical (unpaired) electrons. The summed E-state index contributed by atoms with van der Waals surface area (Å²) in [5, 5.41) is 0.625. The number of hydrogen-bond acceptors (Lipinski definition) is 5. The summed E-state index contributed by atoms with van der Waals surface area (Å²) in [6, 6.07) is 19.1. The molecule has 2 aliphatic heterocycles. The molecule has 1 saturated heterocycles. The van der Waals surface area contributed by atoms with Crippen LogP contribution in [0.4, 0.5) is 5.69 Å². The van der Waals surface area contributed by atoms with Gasteiger partial charge in [-0.05, 0) is 53.9 Å². The van der Waals surface area contributed by atoms with Gasteiger partial charge in [0.15, 0.2) is 0 Å². The highest BCUT2D eigenvalue weighted by Gasteiger charge is 2.38. The number of amides is 2. The van der Waals surface area contributed by atoms with Crippen molar-refractivity contribution in [3.8, 4) is 5.75 Å². The number of piperazine rings is 1. The van der Waals surface area contributed by atoms with Gasteiger partial charge in [0.2, 0.25) is 0 Å². The topological polar surface area (TPSA) is 53.1 Å². The van der Waals surface area contributed by atoms with Crippen molar-refractivity contribution in [1.82, 2.24) is 9.80 Å². The lowest BCUT2D eigenvalue weighted by Gasteiger charge is -2.36. The molecule has 3 aromatic rings. The lowest BCUT2D eigenvalue weighted by atomic mass is 10.1. The standard InChI is InChI=1S/C28H28ClN3O3/c1-19-16-21(8-11-25(19)35-2)17-30-12-14-31(15-13-30)24-5-3-4-23-26(24)28(34)32(27(23)33)18-20-6-9-22(29)10-7-20/h3-11,16H,12-15,17-18H2,1-2H3. The smallest absolute Gasteiger partial charge is 0.263 e. The maximum Gasteiger partial charge on any atom is 0.263 e. The van der Waals surface area contributed by atoms with E-state index in [-0.39, 0.29) is 18.4 Å². The van der Waals surface area contributed by atoms with Crippen LogP contribution in [0.1, 0.15) is 37.4 Å². The predicted octanol–water partition coefficient (Wildman–Crippen LogP) is 4.78. The van der Waals surface area contributed by atoms with Crippen LogP contribution >= 0.6 is 11.6 Å². The van der Waals surface area contributed by atoms with Gasteiger partial charge in [-0.15, -0.1) is 0 Å². The van der Waals surface area contributed by atoms with Gasteiger partial charge in [0.1, 0.15) is 5.75 Å². The van der Waals surface area contributed by atoms with Crippen molar-refractivity contribution < 1.29 is 14.3 Å². The quantitative estimate of drug-likeness (QED) is 0.467. The molecule has 0 aliphatic carbocycles. The van der Waals surface area contributed by atoms with Crippen molar-refractivity contribution in [2.24, 2.45) is 0 Å². The van der Waals surface area contributed by atoms with Gasteiger partial charge in [0.25, 0.3) is 11.8 Å². The number of halogens is 1. The Morgan fingerprint density at radius 2 is 1.57 bits per heavy atom. The number of hydrogen-bond donors (Lipinski definition) is 0. The Bertz CT molecular complexity index is 1270. The van der Waals surface area contributed by atoms with E-state index in [1.807, 2.05) is 30.3 Å². The maximum atomic E-state index is 13.4. The number of benzene rings is 3. The van der Waals surface area contributed by atoms with Gasteiger partial charge < -0.3 is 9.64 Å². The Labute approximate surface area is 210 Å². The molecule has 7 heteroatoms. The normalized spacial score (nSPS) is 16.1. The molecule has 0 bridgehead atoms. The Balaban J connectivity index is 1.28. The van der Waals surface area contributed by atoms with Crippen LogP contribution in [-0.2, 0) is 13.1 Å². The Hall–Kier alpha value is -3.35. The SMILES string of the molecule is COc1ccc(CN2CCN(c3cccc4c3C(=O)N(Cc3ccc(Cl)cc3)C4=O)CC2)cc1C. The summed E-state index contributed by atoms with van der Waals surface area (Å²) in [5.41, 5.74) is 5.11. The fourth-order valence-electron chi connectivity index (χ4n) is 4.94. The average molecular weight is 490 g/mol. The number of carbonyl (C=O) groups excluding carboxylic acids is 2. The molecule has 180 valence electrons. The van der Waals surface area contributed by atoms with Gasteiger partial charge in [0.05, 0.1) is 30.5 Å². The van der Waals surface area contributed by atoms with Gasteiger partial charge in [-0.3, -0.25) is 19.4 Å². The molecule has 0 N–H and O–H groups in total. The van der Waals surface area contributed by atoms with E-state index < -0.39 is 0 Å². The fourth-order valence-corrected chi connectivity index (χ4v) is 5.07. The van der Waals surface area contributed by atoms with E-state index in [1.54, 1.807) is 25.3 Å². The molecule has 2 aliphatic rings. The summed E-state index contributed by atoms with van der Waals surface area (Å²) in [4.78, 5) is 32.4. The number of fused-ring (bicyclic) bond motifs is 1. The Kier molecular flexibility index (Phi) is 6.50. The molecule has 35 heavy (non-hydrogen) atoms. The zero-order valence-corrected chi connectivity index (χ0v) is 20.7. The fraction of sp³-hybridized carbons (Fsp3) is 0.286. The molecular weight excluding hydrogens is 462 g/mol. The first kappa shape index (κ1) is 23.4. The second kappa shape index (κ2) is 9.72. The summed E-state index contributed by atoms with van der Waals surface area (Å²) < 4.78 is 5.37. The summed E-state index contributed by atoms with van der Waals surface area (Å²) in [6.07, 6.45) is 0. The molecule has 3 aromatic carbocycles. The van der Waals surface area contributed by atoms with E-state index in [9.17, 15) is 9.59 Å². The van der Waals surface area contributed by atoms with Crippen LogP contribution in [0.5, 0.6) is 5.75 Å². The number of anilines is 1. The molecule has 2 heterocycles. The molecule has 0 atom stereocenters. The van der Waals surface area contributed by atoms with Gasteiger partial charge in [-0.2, -0.15) is 0 Å². The van der Waals surface area contributed by atoms with Gasteiger partial charge >= 0.3 is 0 Å². The molecular formula is C28H28ClN3O3. The minimum atomic E-state index is -0.240. The first-order chi connectivity index (χ1) is 16.9. The van der Waals surface area contributed by atoms with Crippen molar-refractivity contribution in [3.05, 3.63) is 93.5 Å². The van der Waals surface area contributed by atoms with E-state index in [0.29, 0.717) is 16.1 Å². The lowest BCUT2D eigenvalue weighted by molar-refractivity contribution is 0.0642. The van der Waals surface area contributed by atoms with Crippen molar-refractivity contribution in [2.45, 2.75) is 20.0 Å². The minimum absolute atomic E-state index is 0.230. The van der Waals surface area contributed by atoms with Crippen molar-refractivity contribution in [3.63, 3.8) is 0 Å². The number of rotatable bonds is 6. The number of carbonyl (C=O) groups is 2. The summed E-state index contributed by atoms with van der Waals surface area (Å²) in [6.45, 7) is 6.52. The molecule has 5 rings (SSSR count). The monoisotopic (exact) mass is 489 g/mol. The molecule has 2 amide bonds. The molecule has 0 spiro atoms. The second-order valence-electron chi connectivity index (χ2n) is 9.09. The zero-order valence-electron chi connectivity index (χ0n) is 20.0. The molecule has 6 nitrogen and oxygen atoms in total. The van der Waals surface area contributed by atoms with Crippen LogP contribution in [0.2, 0.25) is 5.02 Å². The van der Waals surface area contributed by atoms with Gasteiger partial charge in [0, 0.05) is 37.7 Å². The van der Waals surface area contributed by atoms with E-state index >= 15 is 0 Å². The summed E-state index contributed by atoms with van der Waals surface area (Å²) in [5.74, 6) is 0.433.